The van der Waals surface area contributed by atoms with Crippen LogP contribution in [0.15, 0.2) is 36.8 Å². The van der Waals surface area contributed by atoms with E-state index in [4.69, 9.17) is 5.11 Å². The van der Waals surface area contributed by atoms with Gasteiger partial charge in [0, 0.05) is 31.7 Å². The Hall–Kier alpha value is -3.08. The molecule has 0 rings (SSSR count). The summed E-state index contributed by atoms with van der Waals surface area (Å²) in [5.74, 6) is -2.38. The third-order valence-electron chi connectivity index (χ3n) is 2.95. The van der Waals surface area contributed by atoms with Crippen LogP contribution in [0, 0.1) is 0 Å². The lowest BCUT2D eigenvalue weighted by atomic mass is 10.2. The summed E-state index contributed by atoms with van der Waals surface area (Å²) >= 11 is 0. The molecular formula is C17H23N3O5. The molecule has 3 amide bonds. The van der Waals surface area contributed by atoms with Gasteiger partial charge in [-0.05, 0) is 12.8 Å². The van der Waals surface area contributed by atoms with E-state index in [1.165, 1.54) is 0 Å². The molecule has 0 saturated heterocycles. The lowest BCUT2D eigenvalue weighted by Crippen LogP contribution is -2.52. The monoisotopic (exact) mass is 349 g/mol. The van der Waals surface area contributed by atoms with Crippen LogP contribution in [0.1, 0.15) is 25.7 Å². The van der Waals surface area contributed by atoms with E-state index >= 15 is 0 Å². The van der Waals surface area contributed by atoms with Crippen LogP contribution in [0.2, 0.25) is 0 Å². The summed E-state index contributed by atoms with van der Waals surface area (Å²) in [6.07, 6.45) is 3.99. The molecule has 0 saturated carbocycles. The van der Waals surface area contributed by atoms with Crippen LogP contribution in [-0.4, -0.2) is 47.9 Å². The Bertz CT molecular complexity index is 587. The largest absolute Gasteiger partial charge is 0.481 e. The highest BCUT2D eigenvalue weighted by molar-refractivity contribution is 5.93. The topological polar surface area (TPSA) is 125 Å². The SMILES string of the molecule is C=C=CC(=O)NCC(NC(=O)C=C=C)C(=O)NCCCCCC(=O)O. The van der Waals surface area contributed by atoms with Crippen LogP contribution in [-0.2, 0) is 19.2 Å². The van der Waals surface area contributed by atoms with E-state index in [1.54, 1.807) is 0 Å². The zero-order valence-electron chi connectivity index (χ0n) is 14.0. The molecule has 0 aromatic heterocycles. The maximum absolute atomic E-state index is 12.1. The number of hydrogen-bond donors (Lipinski definition) is 4. The van der Waals surface area contributed by atoms with Crippen molar-refractivity contribution in [2.24, 2.45) is 0 Å². The summed E-state index contributed by atoms with van der Waals surface area (Å²) in [4.78, 5) is 45.5. The van der Waals surface area contributed by atoms with Crippen molar-refractivity contribution in [3.63, 3.8) is 0 Å². The van der Waals surface area contributed by atoms with Gasteiger partial charge in [-0.1, -0.05) is 19.6 Å². The average molecular weight is 349 g/mol. The van der Waals surface area contributed by atoms with Crippen molar-refractivity contribution in [2.75, 3.05) is 13.1 Å². The molecule has 8 nitrogen and oxygen atoms in total. The highest BCUT2D eigenvalue weighted by Crippen LogP contribution is 1.98. The first kappa shape index (κ1) is 21.9. The molecule has 8 heteroatoms. The number of nitrogens with one attached hydrogen (secondary N) is 3. The molecule has 0 aliphatic rings. The van der Waals surface area contributed by atoms with Crippen molar-refractivity contribution in [2.45, 2.75) is 31.7 Å². The lowest BCUT2D eigenvalue weighted by Gasteiger charge is -2.17. The minimum atomic E-state index is -0.974. The van der Waals surface area contributed by atoms with Crippen LogP contribution in [0.4, 0.5) is 0 Å². The van der Waals surface area contributed by atoms with Gasteiger partial charge in [-0.15, -0.1) is 11.5 Å². The average Bonchev–Trinajstić information content (AvgIpc) is 2.54. The van der Waals surface area contributed by atoms with E-state index < -0.39 is 29.7 Å². The van der Waals surface area contributed by atoms with Crippen LogP contribution in [0.25, 0.3) is 0 Å². The Morgan fingerprint density at radius 1 is 0.960 bits per heavy atom. The van der Waals surface area contributed by atoms with E-state index in [2.05, 4.69) is 40.6 Å². The minimum absolute atomic E-state index is 0.0867. The Morgan fingerprint density at radius 2 is 1.60 bits per heavy atom. The zero-order chi connectivity index (χ0) is 19.1. The van der Waals surface area contributed by atoms with E-state index in [-0.39, 0.29) is 13.0 Å². The van der Waals surface area contributed by atoms with Crippen molar-refractivity contribution in [1.82, 2.24) is 16.0 Å². The van der Waals surface area contributed by atoms with Gasteiger partial charge in [0.25, 0.3) is 11.8 Å². The van der Waals surface area contributed by atoms with Gasteiger partial charge in [-0.2, -0.15) is 0 Å². The third kappa shape index (κ3) is 12.1. The van der Waals surface area contributed by atoms with E-state index in [1.807, 2.05) is 0 Å². The van der Waals surface area contributed by atoms with Gasteiger partial charge >= 0.3 is 5.97 Å². The highest BCUT2D eigenvalue weighted by Gasteiger charge is 2.20. The highest BCUT2D eigenvalue weighted by atomic mass is 16.4. The Balaban J connectivity index is 4.45. The first-order valence-electron chi connectivity index (χ1n) is 7.70. The smallest absolute Gasteiger partial charge is 0.303 e. The zero-order valence-corrected chi connectivity index (χ0v) is 14.0. The normalized spacial score (nSPS) is 10.4. The van der Waals surface area contributed by atoms with Crippen LogP contribution < -0.4 is 16.0 Å². The molecule has 0 aliphatic carbocycles. The fourth-order valence-electron chi connectivity index (χ4n) is 1.77. The van der Waals surface area contributed by atoms with Crippen LogP contribution in [0.5, 0.6) is 0 Å². The Labute approximate surface area is 146 Å². The van der Waals surface area contributed by atoms with E-state index in [0.29, 0.717) is 25.8 Å². The second kappa shape index (κ2) is 13.4. The second-order valence-electron chi connectivity index (χ2n) is 5.00. The molecule has 0 aliphatic heterocycles. The molecule has 1 atom stereocenters. The second-order valence-corrected chi connectivity index (χ2v) is 5.00. The quantitative estimate of drug-likeness (QED) is 0.225. The van der Waals surface area contributed by atoms with Gasteiger partial charge in [0.1, 0.15) is 6.04 Å². The predicted octanol–water partition coefficient (Wildman–Crippen LogP) is 0.0308. The number of carboxylic acid groups (broad SMARTS) is 1. The predicted molar refractivity (Wildman–Crippen MR) is 91.5 cm³/mol. The fourth-order valence-corrected chi connectivity index (χ4v) is 1.77. The lowest BCUT2D eigenvalue weighted by molar-refractivity contribution is -0.137. The summed E-state index contributed by atoms with van der Waals surface area (Å²) < 4.78 is 0. The van der Waals surface area contributed by atoms with Gasteiger partial charge in [0.2, 0.25) is 5.91 Å². The minimum Gasteiger partial charge on any atom is -0.481 e. The number of carboxylic acids is 1. The molecule has 0 radical (unpaired) electrons. The molecule has 0 fully saturated rings. The van der Waals surface area contributed by atoms with Gasteiger partial charge in [-0.25, -0.2) is 0 Å². The molecule has 4 N–H and O–H groups in total. The van der Waals surface area contributed by atoms with Gasteiger partial charge in [0.05, 0.1) is 0 Å². The number of amides is 3. The molecule has 0 aromatic rings. The van der Waals surface area contributed by atoms with Crippen molar-refractivity contribution < 1.29 is 24.3 Å². The van der Waals surface area contributed by atoms with Gasteiger partial charge in [0.15, 0.2) is 0 Å². The molecule has 0 heterocycles. The van der Waals surface area contributed by atoms with Crippen molar-refractivity contribution in [3.8, 4) is 0 Å². The molecule has 0 bridgehead atoms. The number of rotatable bonds is 12. The summed E-state index contributed by atoms with van der Waals surface area (Å²) in [5, 5.41) is 16.0. The molecule has 0 spiro atoms. The number of carbonyl (C=O) groups excluding carboxylic acids is 3. The van der Waals surface area contributed by atoms with E-state index in [9.17, 15) is 19.2 Å². The summed E-state index contributed by atoms with van der Waals surface area (Å²) in [7, 11) is 0. The number of carbonyl (C=O) groups is 4. The molecule has 0 aromatic carbocycles. The molecule has 25 heavy (non-hydrogen) atoms. The van der Waals surface area contributed by atoms with Crippen molar-refractivity contribution >= 4 is 23.7 Å². The van der Waals surface area contributed by atoms with Crippen LogP contribution >= 0.6 is 0 Å². The van der Waals surface area contributed by atoms with Crippen LogP contribution in [0.3, 0.4) is 0 Å². The summed E-state index contributed by atoms with van der Waals surface area (Å²) in [6, 6.07) is -0.974. The first-order valence-corrected chi connectivity index (χ1v) is 7.70. The van der Waals surface area contributed by atoms with Gasteiger partial charge < -0.3 is 21.1 Å². The summed E-state index contributed by atoms with van der Waals surface area (Å²) in [6.45, 7) is 6.76. The van der Waals surface area contributed by atoms with Gasteiger partial charge in [-0.3, -0.25) is 19.2 Å². The summed E-state index contributed by atoms with van der Waals surface area (Å²) in [5.41, 5.74) is 4.60. The fraction of sp³-hybridized carbons (Fsp3) is 0.412. The maximum Gasteiger partial charge on any atom is 0.303 e. The first-order chi connectivity index (χ1) is 11.9. The van der Waals surface area contributed by atoms with E-state index in [0.717, 1.165) is 12.2 Å². The number of aliphatic carboxylic acids is 1. The standard InChI is InChI=1S/C17H23N3O5/c1-3-8-14(21)19-12-13(20-15(22)9-4-2)17(25)18-11-7-5-6-10-16(23)24/h8-9,13H,1-2,5-7,10-12H2,(H,18,25)(H,19,21)(H,20,22)(H,23,24). The number of unbranched alkanes of at least 4 members (excludes halogenated alkanes) is 2. The Morgan fingerprint density at radius 3 is 2.20 bits per heavy atom. The van der Waals surface area contributed by atoms with Crippen molar-refractivity contribution in [1.29, 1.82) is 0 Å². The molecule has 1 unspecified atom stereocenters. The number of hydrogen-bond acceptors (Lipinski definition) is 4. The van der Waals surface area contributed by atoms with Crippen molar-refractivity contribution in [3.05, 3.63) is 36.8 Å². The third-order valence-corrected chi connectivity index (χ3v) is 2.95. The Kier molecular flexibility index (Phi) is 11.7. The molecule has 136 valence electrons. The molecular weight excluding hydrogens is 326 g/mol. The maximum atomic E-state index is 12.1.